The molecule has 6 heteroatoms. The molecule has 0 spiro atoms. The van der Waals surface area contributed by atoms with Crippen LogP contribution in [0.2, 0.25) is 0 Å². The summed E-state index contributed by atoms with van der Waals surface area (Å²) in [6, 6.07) is 7.10. The summed E-state index contributed by atoms with van der Waals surface area (Å²) in [5.41, 5.74) is 1.49. The Labute approximate surface area is 161 Å². The van der Waals surface area contributed by atoms with Gasteiger partial charge in [0.15, 0.2) is 0 Å². The van der Waals surface area contributed by atoms with Crippen LogP contribution in [-0.4, -0.2) is 18.2 Å². The Bertz CT molecular complexity index is 583. The molecule has 0 aromatic heterocycles. The van der Waals surface area contributed by atoms with Crippen LogP contribution in [0.3, 0.4) is 0 Å². The number of hydrogen-bond acceptors (Lipinski definition) is 6. The molecular formula is C21H30O6. The third-order valence-electron chi connectivity index (χ3n) is 5.08. The van der Waals surface area contributed by atoms with Gasteiger partial charge in [-0.05, 0) is 62.1 Å². The summed E-state index contributed by atoms with van der Waals surface area (Å²) in [6.07, 6.45) is 8.29. The highest BCUT2D eigenvalue weighted by molar-refractivity contribution is 5.88. The average Bonchev–Trinajstić information content (AvgIpc) is 2.69. The van der Waals surface area contributed by atoms with E-state index in [9.17, 15) is 9.59 Å². The fourth-order valence-electron chi connectivity index (χ4n) is 3.45. The summed E-state index contributed by atoms with van der Waals surface area (Å²) in [5, 5.41) is 4.31. The maximum Gasteiger partial charge on any atom is 0.543 e. The molecule has 0 amide bonds. The fraction of sp³-hybridized carbons (Fsp3) is 0.619. The molecule has 0 radical (unpaired) electrons. The van der Waals surface area contributed by atoms with Crippen molar-refractivity contribution in [2.45, 2.75) is 77.7 Å². The number of rotatable bonds is 9. The van der Waals surface area contributed by atoms with Crippen molar-refractivity contribution < 1.29 is 29.1 Å². The minimum Gasteiger partial charge on any atom is -0.429 e. The lowest BCUT2D eigenvalue weighted by molar-refractivity contribution is -0.453. The van der Waals surface area contributed by atoms with Gasteiger partial charge in [0.25, 0.3) is 0 Å². The van der Waals surface area contributed by atoms with E-state index in [1.807, 2.05) is 12.1 Å². The Morgan fingerprint density at radius 3 is 2.44 bits per heavy atom. The molecule has 2 unspecified atom stereocenters. The summed E-state index contributed by atoms with van der Waals surface area (Å²) < 4.78 is 5.27. The van der Waals surface area contributed by atoms with Gasteiger partial charge in [-0.25, -0.2) is 14.5 Å². The third kappa shape index (κ3) is 7.21. The van der Waals surface area contributed by atoms with E-state index in [0.29, 0.717) is 11.5 Å². The number of benzene rings is 1. The number of unbranched alkanes of at least 4 members (excludes halogenated alkanes) is 2. The third-order valence-corrected chi connectivity index (χ3v) is 5.08. The second kappa shape index (κ2) is 11.6. The van der Waals surface area contributed by atoms with Gasteiger partial charge in [-0.3, -0.25) is 4.89 Å². The maximum atomic E-state index is 11.9. The van der Waals surface area contributed by atoms with Crippen LogP contribution in [0.15, 0.2) is 24.3 Å². The highest BCUT2D eigenvalue weighted by Gasteiger charge is 2.28. The van der Waals surface area contributed by atoms with Crippen LogP contribution in [0.25, 0.3) is 0 Å². The molecule has 1 aliphatic carbocycles. The van der Waals surface area contributed by atoms with Crippen molar-refractivity contribution in [3.05, 3.63) is 35.4 Å². The molecule has 2 atom stereocenters. The van der Waals surface area contributed by atoms with Crippen LogP contribution < -0.4 is 0 Å². The zero-order chi connectivity index (χ0) is 19.5. The summed E-state index contributed by atoms with van der Waals surface area (Å²) in [4.78, 5) is 32.5. The van der Waals surface area contributed by atoms with Gasteiger partial charge in [-0.2, -0.15) is 0 Å². The van der Waals surface area contributed by atoms with Gasteiger partial charge in [0.2, 0.25) is 0 Å². The van der Waals surface area contributed by atoms with Crippen molar-refractivity contribution in [2.24, 2.45) is 5.92 Å². The van der Waals surface area contributed by atoms with Gasteiger partial charge in [0.1, 0.15) is 6.10 Å². The molecule has 0 bridgehead atoms. The van der Waals surface area contributed by atoms with E-state index in [4.69, 9.17) is 4.74 Å². The Hall–Kier alpha value is -2.08. The first-order valence-corrected chi connectivity index (χ1v) is 9.99. The molecule has 27 heavy (non-hydrogen) atoms. The zero-order valence-electron chi connectivity index (χ0n) is 16.3. The van der Waals surface area contributed by atoms with Crippen LogP contribution in [0.5, 0.6) is 0 Å². The number of ether oxygens (including phenoxy) is 1. The van der Waals surface area contributed by atoms with Crippen LogP contribution in [-0.2, 0) is 26.0 Å². The van der Waals surface area contributed by atoms with Crippen molar-refractivity contribution >= 4 is 12.1 Å². The van der Waals surface area contributed by atoms with Gasteiger partial charge < -0.3 is 4.74 Å². The van der Waals surface area contributed by atoms with Gasteiger partial charge in [0, 0.05) is 0 Å². The first-order chi connectivity index (χ1) is 13.1. The quantitative estimate of drug-likeness (QED) is 0.243. The molecule has 0 N–H and O–H groups in total. The summed E-state index contributed by atoms with van der Waals surface area (Å²) >= 11 is 0. The van der Waals surface area contributed by atoms with Gasteiger partial charge in [-0.15, -0.1) is 0 Å². The average molecular weight is 378 g/mol. The second-order valence-corrected chi connectivity index (χ2v) is 7.04. The van der Waals surface area contributed by atoms with Crippen molar-refractivity contribution in [3.8, 4) is 0 Å². The predicted molar refractivity (Wildman–Crippen MR) is 99.8 cm³/mol. The lowest BCUT2D eigenvalue weighted by atomic mass is 9.85. The lowest BCUT2D eigenvalue weighted by Gasteiger charge is -2.29. The highest BCUT2D eigenvalue weighted by Crippen LogP contribution is 2.29. The number of carbonyl (C=O) groups excluding carboxylic acids is 2. The van der Waals surface area contributed by atoms with Crippen molar-refractivity contribution in [3.63, 3.8) is 0 Å². The monoisotopic (exact) mass is 378 g/mol. The van der Waals surface area contributed by atoms with Crippen LogP contribution in [0, 0.1) is 5.92 Å². The molecule has 1 saturated carbocycles. The molecule has 0 saturated heterocycles. The van der Waals surface area contributed by atoms with Crippen molar-refractivity contribution in [1.29, 1.82) is 0 Å². The minimum atomic E-state index is -0.987. The Morgan fingerprint density at radius 2 is 1.74 bits per heavy atom. The van der Waals surface area contributed by atoms with E-state index >= 15 is 0 Å². The fourth-order valence-corrected chi connectivity index (χ4v) is 3.45. The molecular weight excluding hydrogens is 348 g/mol. The topological polar surface area (TPSA) is 71.1 Å². The first-order valence-electron chi connectivity index (χ1n) is 9.99. The van der Waals surface area contributed by atoms with Crippen molar-refractivity contribution in [2.75, 3.05) is 0 Å². The lowest BCUT2D eigenvalue weighted by Crippen LogP contribution is -2.30. The molecule has 150 valence electrons. The van der Waals surface area contributed by atoms with E-state index < -0.39 is 12.1 Å². The largest absolute Gasteiger partial charge is 0.543 e. The number of aryl methyl sites for hydroxylation is 1. The van der Waals surface area contributed by atoms with Gasteiger partial charge in [-0.1, -0.05) is 45.2 Å². The normalized spacial score (nSPS) is 19.3. The Morgan fingerprint density at radius 1 is 1.00 bits per heavy atom. The van der Waals surface area contributed by atoms with E-state index in [1.165, 1.54) is 18.4 Å². The highest BCUT2D eigenvalue weighted by atomic mass is 17.5. The SMILES string of the molecule is CCCCCc1ccc(C(=O)OOOC(=O)OC2CCCCC2CC)cc1. The second-order valence-electron chi connectivity index (χ2n) is 7.04. The minimum absolute atomic E-state index is 0.171. The number of hydrogen-bond donors (Lipinski definition) is 0. The zero-order valence-corrected chi connectivity index (χ0v) is 16.3. The summed E-state index contributed by atoms with van der Waals surface area (Å²) in [5.74, 6) is -0.392. The summed E-state index contributed by atoms with van der Waals surface area (Å²) in [6.45, 7) is 4.24. The maximum absolute atomic E-state index is 11.9. The molecule has 1 aliphatic rings. The Balaban J connectivity index is 1.69. The first kappa shape index (κ1) is 21.2. The standard InChI is InChI=1S/C21H30O6/c1-3-5-6-9-16-12-14-18(15-13-16)20(22)25-27-26-21(23)24-19-11-8-7-10-17(19)4-2/h12-15,17,19H,3-11H2,1-2H3. The van der Waals surface area contributed by atoms with Crippen LogP contribution in [0.1, 0.15) is 81.1 Å². The number of carbonyl (C=O) groups is 2. The molecule has 1 aromatic rings. The molecule has 0 aliphatic heterocycles. The van der Waals surface area contributed by atoms with E-state index in [-0.39, 0.29) is 6.10 Å². The van der Waals surface area contributed by atoms with Gasteiger partial charge >= 0.3 is 12.1 Å². The predicted octanol–water partition coefficient (Wildman–Crippen LogP) is 5.54. The smallest absolute Gasteiger partial charge is 0.429 e. The van der Waals surface area contributed by atoms with Gasteiger partial charge in [0.05, 0.1) is 10.6 Å². The molecule has 1 aromatic carbocycles. The molecule has 1 fully saturated rings. The molecule has 2 rings (SSSR count). The van der Waals surface area contributed by atoms with E-state index in [0.717, 1.165) is 44.9 Å². The molecule has 6 nitrogen and oxygen atoms in total. The van der Waals surface area contributed by atoms with Crippen LogP contribution >= 0.6 is 0 Å². The Kier molecular flexibility index (Phi) is 9.11. The van der Waals surface area contributed by atoms with Crippen molar-refractivity contribution in [1.82, 2.24) is 0 Å². The van der Waals surface area contributed by atoms with E-state index in [1.54, 1.807) is 12.1 Å². The molecule has 0 heterocycles. The van der Waals surface area contributed by atoms with Crippen LogP contribution in [0.4, 0.5) is 4.79 Å². The van der Waals surface area contributed by atoms with E-state index in [2.05, 4.69) is 28.7 Å². The summed E-state index contributed by atoms with van der Waals surface area (Å²) in [7, 11) is 0.